The van der Waals surface area contributed by atoms with Gasteiger partial charge in [0.05, 0.1) is 0 Å². The molecular formula is C20H34IN5O3. The number of halogens is 1. The van der Waals surface area contributed by atoms with Crippen LogP contribution in [0.15, 0.2) is 23.2 Å². The molecule has 1 saturated heterocycles. The lowest BCUT2D eigenvalue weighted by Crippen LogP contribution is -2.39. The van der Waals surface area contributed by atoms with Crippen molar-refractivity contribution in [3.05, 3.63) is 23.9 Å². The van der Waals surface area contributed by atoms with Gasteiger partial charge in [0, 0.05) is 58.7 Å². The van der Waals surface area contributed by atoms with Crippen LogP contribution in [0.3, 0.4) is 0 Å². The molecule has 1 fully saturated rings. The minimum absolute atomic E-state index is 0. The summed E-state index contributed by atoms with van der Waals surface area (Å²) in [4.78, 5) is 20.4. The van der Waals surface area contributed by atoms with Gasteiger partial charge in [0.1, 0.15) is 5.82 Å². The number of carbonyl (C=O) groups excluding carboxylic acids is 1. The number of nitrogens with one attached hydrogen (secondary N) is 3. The normalized spacial score (nSPS) is 14.8. The maximum Gasteiger partial charge on any atom is 0.227 e. The number of pyridine rings is 1. The molecule has 1 aromatic heterocycles. The maximum atomic E-state index is 12.0. The molecule has 8 nitrogen and oxygen atoms in total. The maximum absolute atomic E-state index is 12.0. The highest BCUT2D eigenvalue weighted by atomic mass is 127. The Labute approximate surface area is 190 Å². The molecule has 1 aliphatic heterocycles. The van der Waals surface area contributed by atoms with Crippen molar-refractivity contribution in [1.29, 1.82) is 0 Å². The van der Waals surface area contributed by atoms with E-state index in [-0.39, 0.29) is 29.9 Å². The summed E-state index contributed by atoms with van der Waals surface area (Å²) < 4.78 is 11.1. The topological polar surface area (TPSA) is 96.9 Å². The van der Waals surface area contributed by atoms with Gasteiger partial charge in [0.25, 0.3) is 0 Å². The van der Waals surface area contributed by atoms with Crippen LogP contribution >= 0.6 is 24.0 Å². The number of aryl methyl sites for hydroxylation is 1. The second-order valence-electron chi connectivity index (χ2n) is 6.87. The summed E-state index contributed by atoms with van der Waals surface area (Å²) in [5.41, 5.74) is 0.872. The quantitative estimate of drug-likeness (QED) is 0.190. The first-order valence-corrected chi connectivity index (χ1v) is 10.0. The van der Waals surface area contributed by atoms with Gasteiger partial charge >= 0.3 is 0 Å². The van der Waals surface area contributed by atoms with Crippen LogP contribution in [0.1, 0.15) is 31.4 Å². The first-order valence-electron chi connectivity index (χ1n) is 10.0. The monoisotopic (exact) mass is 519 g/mol. The number of hydrogen-bond acceptors (Lipinski definition) is 5. The van der Waals surface area contributed by atoms with Gasteiger partial charge in [0.15, 0.2) is 5.96 Å². The Morgan fingerprint density at radius 2 is 2.03 bits per heavy atom. The zero-order valence-corrected chi connectivity index (χ0v) is 19.7. The fourth-order valence-corrected chi connectivity index (χ4v) is 2.88. The number of amides is 1. The number of rotatable bonds is 10. The molecule has 1 aliphatic rings. The number of carbonyl (C=O) groups is 1. The number of aliphatic imine (C=N–C) groups is 1. The first kappa shape index (κ1) is 25.6. The summed E-state index contributed by atoms with van der Waals surface area (Å²) in [6.07, 6.45) is 3.44. The van der Waals surface area contributed by atoms with Crippen molar-refractivity contribution in [1.82, 2.24) is 15.6 Å². The van der Waals surface area contributed by atoms with Crippen LogP contribution in [0.4, 0.5) is 5.82 Å². The average molecular weight is 519 g/mol. The molecule has 164 valence electrons. The molecule has 1 amide bonds. The van der Waals surface area contributed by atoms with E-state index in [2.05, 4.69) is 25.9 Å². The van der Waals surface area contributed by atoms with Gasteiger partial charge in [-0.15, -0.1) is 24.0 Å². The second-order valence-corrected chi connectivity index (χ2v) is 6.87. The predicted molar refractivity (Wildman–Crippen MR) is 126 cm³/mol. The van der Waals surface area contributed by atoms with Crippen LogP contribution in [-0.4, -0.2) is 63.4 Å². The minimum Gasteiger partial charge on any atom is -0.381 e. The van der Waals surface area contributed by atoms with Gasteiger partial charge in [-0.25, -0.2) is 4.98 Å². The van der Waals surface area contributed by atoms with Crippen molar-refractivity contribution in [3.63, 3.8) is 0 Å². The third kappa shape index (κ3) is 11.3. The molecule has 0 unspecified atom stereocenters. The number of ether oxygens (including phenoxy) is 2. The summed E-state index contributed by atoms with van der Waals surface area (Å²) >= 11 is 0. The molecule has 0 radical (unpaired) electrons. The largest absolute Gasteiger partial charge is 0.381 e. The Kier molecular flexibility index (Phi) is 13.6. The number of anilines is 1. The zero-order chi connectivity index (χ0) is 20.0. The van der Waals surface area contributed by atoms with E-state index in [0.717, 1.165) is 57.9 Å². The Morgan fingerprint density at radius 1 is 1.28 bits per heavy atom. The van der Waals surface area contributed by atoms with Gasteiger partial charge in [-0.3, -0.25) is 9.79 Å². The van der Waals surface area contributed by atoms with Crippen LogP contribution in [-0.2, 0) is 14.3 Å². The fraction of sp³-hybridized carbons (Fsp3) is 0.650. The average Bonchev–Trinajstić information content (AvgIpc) is 2.70. The lowest BCUT2D eigenvalue weighted by Gasteiger charge is -2.21. The van der Waals surface area contributed by atoms with E-state index >= 15 is 0 Å². The third-order valence-electron chi connectivity index (χ3n) is 4.48. The van der Waals surface area contributed by atoms with E-state index in [1.54, 1.807) is 13.1 Å². The van der Waals surface area contributed by atoms with Crippen LogP contribution in [0.25, 0.3) is 0 Å². The van der Waals surface area contributed by atoms with Gasteiger partial charge in [-0.1, -0.05) is 6.07 Å². The molecule has 0 atom stereocenters. The van der Waals surface area contributed by atoms with Gasteiger partial charge < -0.3 is 25.4 Å². The van der Waals surface area contributed by atoms with Crippen LogP contribution in [0, 0.1) is 12.8 Å². The number of hydrogen-bond donors (Lipinski definition) is 3. The SMILES string of the molecule is CN=C(NCCCOCC1CCOCC1)NCCC(=O)Nc1cccc(C)n1.I. The van der Waals surface area contributed by atoms with Crippen LogP contribution in [0.2, 0.25) is 0 Å². The predicted octanol–water partition coefficient (Wildman–Crippen LogP) is 2.33. The second kappa shape index (κ2) is 15.4. The standard InChI is InChI=1S/C20H33N5O3.HI/c1-16-5-3-6-18(24-16)25-19(26)7-11-23-20(21-2)22-10-4-12-28-15-17-8-13-27-14-9-17;/h3,5-6,17H,4,7-15H2,1-2H3,(H2,21,22,23)(H,24,25,26);1H. The van der Waals surface area contributed by atoms with E-state index < -0.39 is 0 Å². The van der Waals surface area contributed by atoms with Crippen molar-refractivity contribution in [3.8, 4) is 0 Å². The Balaban J connectivity index is 0.00000420. The molecule has 2 heterocycles. The van der Waals surface area contributed by atoms with Crippen molar-refractivity contribution in [2.45, 2.75) is 32.6 Å². The molecule has 1 aromatic rings. The van der Waals surface area contributed by atoms with Gasteiger partial charge in [0.2, 0.25) is 5.91 Å². The zero-order valence-electron chi connectivity index (χ0n) is 17.4. The first-order chi connectivity index (χ1) is 13.7. The molecule has 3 N–H and O–H groups in total. The highest BCUT2D eigenvalue weighted by Gasteiger charge is 2.13. The smallest absolute Gasteiger partial charge is 0.227 e. The number of nitrogens with zero attached hydrogens (tertiary/aromatic N) is 2. The summed E-state index contributed by atoms with van der Waals surface area (Å²) in [5, 5.41) is 9.17. The Bertz CT molecular complexity index is 624. The van der Waals surface area contributed by atoms with Gasteiger partial charge in [-0.2, -0.15) is 0 Å². The molecule has 0 bridgehead atoms. The van der Waals surface area contributed by atoms with Crippen molar-refractivity contribution in [2.75, 3.05) is 51.9 Å². The van der Waals surface area contributed by atoms with E-state index in [9.17, 15) is 4.79 Å². The molecule has 0 aromatic carbocycles. The van der Waals surface area contributed by atoms with Crippen molar-refractivity contribution in [2.24, 2.45) is 10.9 Å². The van der Waals surface area contributed by atoms with E-state index in [1.165, 1.54) is 0 Å². The Morgan fingerprint density at radius 3 is 2.76 bits per heavy atom. The molecule has 0 aliphatic carbocycles. The summed E-state index contributed by atoms with van der Waals surface area (Å²) in [6.45, 7) is 6.43. The van der Waals surface area contributed by atoms with Gasteiger partial charge in [-0.05, 0) is 44.2 Å². The minimum atomic E-state index is -0.0810. The summed E-state index contributed by atoms with van der Waals surface area (Å²) in [5.74, 6) is 1.82. The molecule has 0 spiro atoms. The molecule has 0 saturated carbocycles. The van der Waals surface area contributed by atoms with Crippen molar-refractivity contribution < 1.29 is 14.3 Å². The lowest BCUT2D eigenvalue weighted by molar-refractivity contribution is -0.116. The molecule has 29 heavy (non-hydrogen) atoms. The summed E-state index contributed by atoms with van der Waals surface area (Å²) in [6, 6.07) is 5.54. The van der Waals surface area contributed by atoms with E-state index in [4.69, 9.17) is 9.47 Å². The Hall–Kier alpha value is -1.46. The highest BCUT2D eigenvalue weighted by molar-refractivity contribution is 14.0. The van der Waals surface area contributed by atoms with Crippen LogP contribution in [0.5, 0.6) is 0 Å². The number of guanidine groups is 1. The lowest BCUT2D eigenvalue weighted by atomic mass is 10.0. The van der Waals surface area contributed by atoms with Crippen molar-refractivity contribution >= 4 is 41.7 Å². The molecule has 9 heteroatoms. The molecular weight excluding hydrogens is 485 g/mol. The van der Waals surface area contributed by atoms with E-state index in [1.807, 2.05) is 19.1 Å². The highest BCUT2D eigenvalue weighted by Crippen LogP contribution is 2.14. The van der Waals surface area contributed by atoms with Crippen LogP contribution < -0.4 is 16.0 Å². The molecule has 2 rings (SSSR count). The fourth-order valence-electron chi connectivity index (χ4n) is 2.88. The van der Waals surface area contributed by atoms with E-state index in [0.29, 0.717) is 30.7 Å². The number of aromatic nitrogens is 1. The summed E-state index contributed by atoms with van der Waals surface area (Å²) in [7, 11) is 1.72. The third-order valence-corrected chi connectivity index (χ3v) is 4.48.